The van der Waals surface area contributed by atoms with Crippen LogP contribution in [0.1, 0.15) is 41.1 Å². The van der Waals surface area contributed by atoms with Crippen LogP contribution >= 0.6 is 11.6 Å². The molecule has 1 aliphatic carbocycles. The summed E-state index contributed by atoms with van der Waals surface area (Å²) >= 11 is 6.15. The van der Waals surface area contributed by atoms with Crippen molar-refractivity contribution in [3.63, 3.8) is 0 Å². The Bertz CT molecular complexity index is 1090. The summed E-state index contributed by atoms with van der Waals surface area (Å²) in [6.07, 6.45) is 2.82. The van der Waals surface area contributed by atoms with E-state index in [0.29, 0.717) is 28.5 Å². The number of nitrogens with zero attached hydrogens (tertiary/aromatic N) is 2. The van der Waals surface area contributed by atoms with E-state index in [1.165, 1.54) is 0 Å². The minimum Gasteiger partial charge on any atom is -0.476 e. The first-order valence-corrected chi connectivity index (χ1v) is 9.59. The molecule has 3 atom stereocenters. The minimum absolute atomic E-state index is 0.0698. The lowest BCUT2D eigenvalue weighted by Gasteiger charge is -2.39. The van der Waals surface area contributed by atoms with E-state index in [1.54, 1.807) is 24.4 Å². The summed E-state index contributed by atoms with van der Waals surface area (Å²) in [6, 6.07) is 21.2. The number of aliphatic hydroxyl groups is 1. The van der Waals surface area contributed by atoms with E-state index in [2.05, 4.69) is 23.2 Å². The fraction of sp³-hybridized carbons (Fsp3) is 0.217. The van der Waals surface area contributed by atoms with Crippen molar-refractivity contribution in [3.8, 4) is 11.8 Å². The van der Waals surface area contributed by atoms with Crippen molar-refractivity contribution >= 4 is 11.6 Å². The molecule has 2 heterocycles. The molecule has 0 radical (unpaired) electrons. The normalized spacial score (nSPS) is 27.5. The van der Waals surface area contributed by atoms with Crippen LogP contribution in [0.3, 0.4) is 0 Å². The quantitative estimate of drug-likeness (QED) is 0.693. The molecular weight excluding hydrogens is 372 g/mol. The Labute approximate surface area is 168 Å². The second-order valence-electron chi connectivity index (χ2n) is 7.39. The molecule has 5 heteroatoms. The highest BCUT2D eigenvalue weighted by Gasteiger charge is 2.69. The first-order valence-electron chi connectivity index (χ1n) is 9.21. The van der Waals surface area contributed by atoms with Crippen molar-refractivity contribution in [1.82, 2.24) is 4.98 Å². The van der Waals surface area contributed by atoms with Gasteiger partial charge in [-0.25, -0.2) is 0 Å². The summed E-state index contributed by atoms with van der Waals surface area (Å²) in [5, 5.41) is 21.6. The Kier molecular flexibility index (Phi) is 3.74. The lowest BCUT2D eigenvalue weighted by atomic mass is 9.72. The van der Waals surface area contributed by atoms with Gasteiger partial charge in [-0.1, -0.05) is 54.1 Å². The molecule has 3 aromatic rings. The number of ether oxygens (including phenoxy) is 1. The van der Waals surface area contributed by atoms with E-state index >= 15 is 0 Å². The average molecular weight is 389 g/mol. The Morgan fingerprint density at radius 1 is 1.14 bits per heavy atom. The van der Waals surface area contributed by atoms with Gasteiger partial charge in [0, 0.05) is 18.2 Å². The zero-order chi connectivity index (χ0) is 19.4. The number of halogens is 1. The van der Waals surface area contributed by atoms with Gasteiger partial charge >= 0.3 is 0 Å². The number of pyridine rings is 1. The smallest absolute Gasteiger partial charge is 0.175 e. The molecule has 2 aliphatic rings. The zero-order valence-electron chi connectivity index (χ0n) is 15.0. The van der Waals surface area contributed by atoms with Crippen molar-refractivity contribution in [2.75, 3.05) is 0 Å². The van der Waals surface area contributed by atoms with Gasteiger partial charge in [-0.05, 0) is 36.1 Å². The largest absolute Gasteiger partial charge is 0.476 e. The summed E-state index contributed by atoms with van der Waals surface area (Å²) in [6.45, 7) is 0. The van der Waals surface area contributed by atoms with Gasteiger partial charge in [0.05, 0.1) is 16.7 Å². The number of benzene rings is 2. The first kappa shape index (κ1) is 17.2. The van der Waals surface area contributed by atoms with E-state index in [4.69, 9.17) is 16.3 Å². The van der Waals surface area contributed by atoms with Gasteiger partial charge < -0.3 is 9.84 Å². The molecule has 1 aromatic heterocycles. The van der Waals surface area contributed by atoms with E-state index in [0.717, 1.165) is 17.5 Å². The van der Waals surface area contributed by atoms with E-state index in [-0.39, 0.29) is 5.92 Å². The fourth-order valence-corrected chi connectivity index (χ4v) is 4.99. The lowest BCUT2D eigenvalue weighted by molar-refractivity contribution is -0.107. The zero-order valence-corrected chi connectivity index (χ0v) is 15.7. The van der Waals surface area contributed by atoms with Crippen molar-refractivity contribution in [2.24, 2.45) is 0 Å². The van der Waals surface area contributed by atoms with Crippen LogP contribution in [-0.4, -0.2) is 10.1 Å². The highest BCUT2D eigenvalue weighted by molar-refractivity contribution is 6.30. The first-order chi connectivity index (χ1) is 13.6. The molecular formula is C23H17ClN2O2. The van der Waals surface area contributed by atoms with Gasteiger partial charge in [-0.2, -0.15) is 5.26 Å². The average Bonchev–Trinajstić information content (AvgIpc) is 3.15. The van der Waals surface area contributed by atoms with Crippen molar-refractivity contribution in [3.05, 3.63) is 94.3 Å². The Balaban J connectivity index is 1.76. The second kappa shape index (κ2) is 6.07. The Morgan fingerprint density at radius 2 is 1.89 bits per heavy atom. The molecule has 1 fully saturated rings. The van der Waals surface area contributed by atoms with Gasteiger partial charge in [0.15, 0.2) is 11.2 Å². The van der Waals surface area contributed by atoms with Crippen LogP contribution in [0.15, 0.2) is 66.9 Å². The van der Waals surface area contributed by atoms with Crippen LogP contribution in [0, 0.1) is 11.3 Å². The topological polar surface area (TPSA) is 66.1 Å². The standard InChI is InChI=1S/C23H17ClN2O2/c24-18-12-20-21(26-14-18)22(27)11-10-19(16-4-2-1-3-5-16)23(22,28-20)17-8-6-15(13-25)7-9-17/h1-9,12,14,19,27H,10-11H2/t19-,22?,23-/m0/s1. The van der Waals surface area contributed by atoms with Crippen molar-refractivity contribution < 1.29 is 9.84 Å². The third-order valence-electron chi connectivity index (χ3n) is 6.03. The molecule has 138 valence electrons. The SMILES string of the molecule is N#Cc1ccc([C@@]23Oc4cc(Cl)cnc4C2(O)CC[C@H]3c2ccccc2)cc1. The predicted molar refractivity (Wildman–Crippen MR) is 105 cm³/mol. The van der Waals surface area contributed by atoms with Crippen LogP contribution in [0.25, 0.3) is 0 Å². The number of rotatable bonds is 2. The molecule has 0 saturated heterocycles. The summed E-state index contributed by atoms with van der Waals surface area (Å²) in [5.41, 5.74) is 0.717. The number of fused-ring (bicyclic) bond motifs is 3. The third-order valence-corrected chi connectivity index (χ3v) is 6.23. The van der Waals surface area contributed by atoms with Gasteiger partial charge in [-0.3, -0.25) is 4.98 Å². The van der Waals surface area contributed by atoms with Crippen molar-refractivity contribution in [1.29, 1.82) is 5.26 Å². The van der Waals surface area contributed by atoms with Gasteiger partial charge in [-0.15, -0.1) is 0 Å². The molecule has 1 aliphatic heterocycles. The number of hydrogen-bond acceptors (Lipinski definition) is 4. The molecule has 5 rings (SSSR count). The Morgan fingerprint density at radius 3 is 2.61 bits per heavy atom. The number of aromatic nitrogens is 1. The third kappa shape index (κ3) is 2.18. The van der Waals surface area contributed by atoms with Crippen LogP contribution in [0.2, 0.25) is 5.02 Å². The second-order valence-corrected chi connectivity index (χ2v) is 7.83. The van der Waals surface area contributed by atoms with Gasteiger partial charge in [0.2, 0.25) is 0 Å². The van der Waals surface area contributed by atoms with Crippen LogP contribution in [-0.2, 0) is 11.2 Å². The molecule has 1 saturated carbocycles. The molecule has 0 bridgehead atoms. The van der Waals surface area contributed by atoms with Gasteiger partial charge in [0.25, 0.3) is 0 Å². The van der Waals surface area contributed by atoms with Crippen LogP contribution in [0.5, 0.6) is 5.75 Å². The van der Waals surface area contributed by atoms with Crippen molar-refractivity contribution in [2.45, 2.75) is 30.0 Å². The molecule has 1 N–H and O–H groups in total. The van der Waals surface area contributed by atoms with E-state index < -0.39 is 11.2 Å². The summed E-state index contributed by atoms with van der Waals surface area (Å²) in [7, 11) is 0. The molecule has 2 aromatic carbocycles. The number of hydrogen-bond donors (Lipinski definition) is 1. The maximum Gasteiger partial charge on any atom is 0.175 e. The molecule has 4 nitrogen and oxygen atoms in total. The molecule has 1 unspecified atom stereocenters. The van der Waals surface area contributed by atoms with E-state index in [9.17, 15) is 10.4 Å². The lowest BCUT2D eigenvalue weighted by Crippen LogP contribution is -2.48. The van der Waals surface area contributed by atoms with Crippen LogP contribution in [0.4, 0.5) is 0 Å². The maximum absolute atomic E-state index is 11.9. The van der Waals surface area contributed by atoms with Crippen LogP contribution < -0.4 is 4.74 Å². The minimum atomic E-state index is -1.28. The Hall–Kier alpha value is -2.87. The highest BCUT2D eigenvalue weighted by atomic mass is 35.5. The summed E-state index contributed by atoms with van der Waals surface area (Å²) in [4.78, 5) is 4.45. The number of nitriles is 1. The van der Waals surface area contributed by atoms with Gasteiger partial charge in [0.1, 0.15) is 11.4 Å². The monoisotopic (exact) mass is 388 g/mol. The fourth-order valence-electron chi connectivity index (χ4n) is 4.84. The highest BCUT2D eigenvalue weighted by Crippen LogP contribution is 2.66. The predicted octanol–water partition coefficient (Wildman–Crippen LogP) is 4.66. The van der Waals surface area contributed by atoms with E-state index in [1.807, 2.05) is 30.3 Å². The molecule has 0 spiro atoms. The molecule has 28 heavy (non-hydrogen) atoms. The maximum atomic E-state index is 11.9. The summed E-state index contributed by atoms with van der Waals surface area (Å²) in [5.74, 6) is 0.444. The molecule has 0 amide bonds. The summed E-state index contributed by atoms with van der Waals surface area (Å²) < 4.78 is 6.55.